The molecule has 3 aromatic carbocycles. The van der Waals surface area contributed by atoms with Gasteiger partial charge >= 0.3 is 0 Å². The van der Waals surface area contributed by atoms with Gasteiger partial charge < -0.3 is 9.47 Å². The Morgan fingerprint density at radius 3 is 1.77 bits per heavy atom. The highest BCUT2D eigenvalue weighted by atomic mass is 19.1. The second-order valence-corrected chi connectivity index (χ2v) is 7.01. The van der Waals surface area contributed by atoms with Crippen LogP contribution in [0.4, 0.5) is 8.78 Å². The van der Waals surface area contributed by atoms with Crippen LogP contribution in [0.5, 0.6) is 23.0 Å². The molecule has 134 valence electrons. The third-order valence-electron chi connectivity index (χ3n) is 3.87. The first kappa shape index (κ1) is 17.9. The molecule has 0 unspecified atom stereocenters. The zero-order valence-corrected chi connectivity index (χ0v) is 14.9. The van der Waals surface area contributed by atoms with Crippen LogP contribution in [0.15, 0.2) is 66.7 Å². The summed E-state index contributed by atoms with van der Waals surface area (Å²) in [6, 6.07) is 18.5. The maximum Gasteiger partial charge on any atom is 0.198 e. The lowest BCUT2D eigenvalue weighted by Gasteiger charge is -2.20. The number of hydrogen-bond donors (Lipinski definition) is 0. The van der Waals surface area contributed by atoms with E-state index in [1.807, 2.05) is 51.1 Å². The van der Waals surface area contributed by atoms with Gasteiger partial charge in [0, 0.05) is 6.07 Å². The lowest BCUT2D eigenvalue weighted by molar-refractivity contribution is 0.400. The molecular formula is C22H20F2O2. The minimum absolute atomic E-state index is 0.291. The Balaban J connectivity index is 1.84. The van der Waals surface area contributed by atoms with Gasteiger partial charge in [0.2, 0.25) is 0 Å². The molecule has 0 saturated carbocycles. The maximum atomic E-state index is 14.4. The van der Waals surface area contributed by atoms with Gasteiger partial charge in [0.25, 0.3) is 0 Å². The number of benzene rings is 3. The molecule has 3 rings (SSSR count). The third-order valence-corrected chi connectivity index (χ3v) is 3.87. The number of hydrogen-bond acceptors (Lipinski definition) is 2. The molecule has 2 nitrogen and oxygen atoms in total. The van der Waals surface area contributed by atoms with Crippen molar-refractivity contribution in [1.29, 1.82) is 0 Å². The van der Waals surface area contributed by atoms with E-state index in [-0.39, 0.29) is 5.41 Å². The van der Waals surface area contributed by atoms with Gasteiger partial charge in [-0.2, -0.15) is 0 Å². The summed E-state index contributed by atoms with van der Waals surface area (Å²) in [5.74, 6) is -0.416. The summed E-state index contributed by atoms with van der Waals surface area (Å²) in [6.07, 6.45) is 0. The number of ether oxygens (including phenoxy) is 2. The normalized spacial score (nSPS) is 11.3. The molecule has 26 heavy (non-hydrogen) atoms. The van der Waals surface area contributed by atoms with Gasteiger partial charge in [-0.05, 0) is 47.4 Å². The third kappa shape index (κ3) is 4.20. The molecule has 0 amide bonds. The zero-order chi connectivity index (χ0) is 18.7. The Kier molecular flexibility index (Phi) is 4.94. The summed E-state index contributed by atoms with van der Waals surface area (Å²) in [4.78, 5) is 0. The van der Waals surface area contributed by atoms with Crippen LogP contribution in [0.2, 0.25) is 0 Å². The lowest BCUT2D eigenvalue weighted by Crippen LogP contribution is -2.12. The van der Waals surface area contributed by atoms with E-state index in [4.69, 9.17) is 9.47 Å². The Morgan fingerprint density at radius 1 is 0.654 bits per heavy atom. The van der Waals surface area contributed by atoms with Gasteiger partial charge in [-0.1, -0.05) is 45.0 Å². The van der Waals surface area contributed by atoms with E-state index < -0.39 is 17.4 Å². The van der Waals surface area contributed by atoms with Gasteiger partial charge in [0.1, 0.15) is 17.2 Å². The monoisotopic (exact) mass is 354 g/mol. The summed E-state index contributed by atoms with van der Waals surface area (Å²) in [5, 5.41) is 0. The van der Waals surface area contributed by atoms with Crippen LogP contribution in [0.3, 0.4) is 0 Å². The van der Waals surface area contributed by atoms with E-state index in [1.54, 1.807) is 24.3 Å². The first-order valence-corrected chi connectivity index (χ1v) is 8.33. The molecule has 0 atom stereocenters. The van der Waals surface area contributed by atoms with Crippen LogP contribution in [0.25, 0.3) is 0 Å². The summed E-state index contributed by atoms with van der Waals surface area (Å²) in [5.41, 5.74) is 0.213. The van der Waals surface area contributed by atoms with E-state index in [2.05, 4.69) is 0 Å². The lowest BCUT2D eigenvalue weighted by atomic mass is 9.87. The van der Waals surface area contributed by atoms with E-state index in [1.165, 1.54) is 12.1 Å². The Hall–Kier alpha value is -2.88. The Labute approximate surface area is 152 Å². The van der Waals surface area contributed by atoms with E-state index >= 15 is 0 Å². The molecule has 0 aliphatic carbocycles. The van der Waals surface area contributed by atoms with Crippen molar-refractivity contribution in [2.75, 3.05) is 0 Å². The maximum absolute atomic E-state index is 14.4. The SMILES string of the molecule is CC(C)(C)c1cc(F)c(Oc2cccc(Oc3ccccc3)c2)c(F)c1. The molecule has 0 radical (unpaired) electrons. The van der Waals surface area contributed by atoms with Crippen molar-refractivity contribution in [3.63, 3.8) is 0 Å². The van der Waals surface area contributed by atoms with Crippen molar-refractivity contribution >= 4 is 0 Å². The molecule has 0 aliphatic heterocycles. The predicted octanol–water partition coefficient (Wildman–Crippen LogP) is 6.85. The fraction of sp³-hybridized carbons (Fsp3) is 0.182. The summed E-state index contributed by atoms with van der Waals surface area (Å²) < 4.78 is 39.9. The molecule has 0 N–H and O–H groups in total. The molecular weight excluding hydrogens is 334 g/mol. The van der Waals surface area contributed by atoms with Crippen molar-refractivity contribution in [2.45, 2.75) is 26.2 Å². The fourth-order valence-corrected chi connectivity index (χ4v) is 2.43. The minimum atomic E-state index is -0.732. The molecule has 0 aromatic heterocycles. The first-order chi connectivity index (χ1) is 12.3. The Morgan fingerprint density at radius 2 is 1.19 bits per heavy atom. The highest BCUT2D eigenvalue weighted by molar-refractivity contribution is 5.41. The van der Waals surface area contributed by atoms with E-state index in [9.17, 15) is 8.78 Å². The minimum Gasteiger partial charge on any atom is -0.457 e. The highest BCUT2D eigenvalue weighted by Gasteiger charge is 2.20. The molecule has 0 heterocycles. The van der Waals surface area contributed by atoms with Crippen molar-refractivity contribution in [1.82, 2.24) is 0 Å². The second-order valence-electron chi connectivity index (χ2n) is 7.01. The van der Waals surface area contributed by atoms with E-state index in [0.717, 1.165) is 0 Å². The average Bonchev–Trinajstić information content (AvgIpc) is 2.58. The quantitative estimate of drug-likeness (QED) is 0.510. The smallest absolute Gasteiger partial charge is 0.198 e. The van der Waals surface area contributed by atoms with Crippen LogP contribution in [-0.2, 0) is 5.41 Å². The molecule has 0 fully saturated rings. The molecule has 0 bridgehead atoms. The van der Waals surface area contributed by atoms with Crippen LogP contribution in [0.1, 0.15) is 26.3 Å². The topological polar surface area (TPSA) is 18.5 Å². The van der Waals surface area contributed by atoms with Crippen LogP contribution in [0, 0.1) is 11.6 Å². The summed E-state index contributed by atoms with van der Waals surface area (Å²) in [6.45, 7) is 5.68. The Bertz CT molecular complexity index is 877. The number of para-hydroxylation sites is 1. The second kappa shape index (κ2) is 7.16. The van der Waals surface area contributed by atoms with Gasteiger partial charge in [-0.15, -0.1) is 0 Å². The highest BCUT2D eigenvalue weighted by Crippen LogP contribution is 2.34. The molecule has 0 saturated heterocycles. The van der Waals surface area contributed by atoms with Crippen molar-refractivity contribution < 1.29 is 18.3 Å². The largest absolute Gasteiger partial charge is 0.457 e. The van der Waals surface area contributed by atoms with Crippen LogP contribution >= 0.6 is 0 Å². The molecule has 0 spiro atoms. The summed E-state index contributed by atoms with van der Waals surface area (Å²) >= 11 is 0. The summed E-state index contributed by atoms with van der Waals surface area (Å²) in [7, 11) is 0. The molecule has 0 aliphatic rings. The van der Waals surface area contributed by atoms with Crippen LogP contribution < -0.4 is 9.47 Å². The average molecular weight is 354 g/mol. The first-order valence-electron chi connectivity index (χ1n) is 8.33. The fourth-order valence-electron chi connectivity index (χ4n) is 2.43. The van der Waals surface area contributed by atoms with Crippen molar-refractivity contribution in [3.05, 3.63) is 83.9 Å². The van der Waals surface area contributed by atoms with Gasteiger partial charge in [0.15, 0.2) is 17.4 Å². The van der Waals surface area contributed by atoms with Crippen molar-refractivity contribution in [3.8, 4) is 23.0 Å². The zero-order valence-electron chi connectivity index (χ0n) is 14.9. The van der Waals surface area contributed by atoms with Gasteiger partial charge in [0.05, 0.1) is 0 Å². The molecule has 4 heteroatoms. The van der Waals surface area contributed by atoms with Gasteiger partial charge in [-0.3, -0.25) is 0 Å². The predicted molar refractivity (Wildman–Crippen MR) is 98.1 cm³/mol. The van der Waals surface area contributed by atoms with Crippen LogP contribution in [-0.4, -0.2) is 0 Å². The van der Waals surface area contributed by atoms with E-state index in [0.29, 0.717) is 22.8 Å². The number of halogens is 2. The van der Waals surface area contributed by atoms with Gasteiger partial charge in [-0.25, -0.2) is 8.78 Å². The number of rotatable bonds is 4. The molecule has 3 aromatic rings. The van der Waals surface area contributed by atoms with Crippen molar-refractivity contribution in [2.24, 2.45) is 0 Å². The standard InChI is InChI=1S/C22H20F2O2/c1-22(2,3)15-12-19(23)21(20(24)13-15)26-18-11-7-10-17(14-18)25-16-8-5-4-6-9-16/h4-14H,1-3H3.